The van der Waals surface area contributed by atoms with Crippen LogP contribution in [-0.4, -0.2) is 48.6 Å². The summed E-state index contributed by atoms with van der Waals surface area (Å²) in [7, 11) is -3.16. The van der Waals surface area contributed by atoms with Gasteiger partial charge in [-0.2, -0.15) is 0 Å². The van der Waals surface area contributed by atoms with Crippen molar-refractivity contribution in [3.05, 3.63) is 52.8 Å². The van der Waals surface area contributed by atoms with Gasteiger partial charge in [-0.05, 0) is 57.9 Å². The van der Waals surface area contributed by atoms with Crippen LogP contribution in [-0.2, 0) is 10.0 Å². The molecule has 0 aliphatic carbocycles. The van der Waals surface area contributed by atoms with Crippen LogP contribution < -0.4 is 5.32 Å². The molecule has 0 atom stereocenters. The van der Waals surface area contributed by atoms with Gasteiger partial charge in [0.15, 0.2) is 0 Å². The van der Waals surface area contributed by atoms with Crippen LogP contribution in [0, 0.1) is 20.8 Å². The highest BCUT2D eigenvalue weighted by molar-refractivity contribution is 7.88. The Hall–Kier alpha value is -2.12. The first kappa shape index (κ1) is 19.6. The molecule has 1 aromatic carbocycles. The van der Waals surface area contributed by atoms with Gasteiger partial charge in [0, 0.05) is 30.5 Å². The molecule has 27 heavy (non-hydrogen) atoms. The fraction of sp³-hybridized carbons (Fsp3) is 0.450. The average Bonchev–Trinajstić information content (AvgIpc) is 2.93. The zero-order chi connectivity index (χ0) is 19.8. The molecular weight excluding hydrogens is 362 g/mol. The van der Waals surface area contributed by atoms with Gasteiger partial charge in [0.25, 0.3) is 5.91 Å². The monoisotopic (exact) mass is 389 g/mol. The molecule has 1 aliphatic heterocycles. The number of benzene rings is 1. The van der Waals surface area contributed by atoms with E-state index in [9.17, 15) is 13.2 Å². The van der Waals surface area contributed by atoms with Crippen molar-refractivity contribution in [1.29, 1.82) is 0 Å². The Morgan fingerprint density at radius 3 is 2.19 bits per heavy atom. The molecule has 1 aliphatic rings. The predicted molar refractivity (Wildman–Crippen MR) is 107 cm³/mol. The average molecular weight is 390 g/mol. The molecule has 1 saturated heterocycles. The number of carbonyl (C=O) groups excluding carboxylic acids is 1. The van der Waals surface area contributed by atoms with Gasteiger partial charge >= 0.3 is 0 Å². The van der Waals surface area contributed by atoms with Gasteiger partial charge < -0.3 is 9.88 Å². The van der Waals surface area contributed by atoms with Crippen molar-refractivity contribution in [3.63, 3.8) is 0 Å². The largest absolute Gasteiger partial charge is 0.349 e. The SMILES string of the molecule is Cc1ccc(-n2c(C)ccc2C)c(C(=O)NC2CCN(S(C)(=O)=O)CC2)c1. The molecule has 6 nitrogen and oxygen atoms in total. The zero-order valence-electron chi connectivity index (χ0n) is 16.3. The van der Waals surface area contributed by atoms with Crippen molar-refractivity contribution >= 4 is 15.9 Å². The molecule has 2 heterocycles. The number of aryl methyl sites for hydroxylation is 3. The zero-order valence-corrected chi connectivity index (χ0v) is 17.1. The maximum absolute atomic E-state index is 13.0. The fourth-order valence-corrected chi connectivity index (χ4v) is 4.54. The lowest BCUT2D eigenvalue weighted by molar-refractivity contribution is 0.0924. The second-order valence-electron chi connectivity index (χ2n) is 7.38. The highest BCUT2D eigenvalue weighted by Gasteiger charge is 2.26. The highest BCUT2D eigenvalue weighted by atomic mass is 32.2. The molecule has 1 aromatic heterocycles. The van der Waals surface area contributed by atoms with Crippen LogP contribution >= 0.6 is 0 Å². The van der Waals surface area contributed by atoms with Gasteiger partial charge in [0.1, 0.15) is 0 Å². The minimum atomic E-state index is -3.16. The van der Waals surface area contributed by atoms with Gasteiger partial charge in [-0.1, -0.05) is 11.6 Å². The first-order valence-electron chi connectivity index (χ1n) is 9.19. The van der Waals surface area contributed by atoms with Crippen molar-refractivity contribution < 1.29 is 13.2 Å². The van der Waals surface area contributed by atoms with Crippen molar-refractivity contribution in [3.8, 4) is 5.69 Å². The quantitative estimate of drug-likeness (QED) is 0.874. The number of sulfonamides is 1. The summed E-state index contributed by atoms with van der Waals surface area (Å²) in [6, 6.07) is 9.97. The minimum Gasteiger partial charge on any atom is -0.349 e. The van der Waals surface area contributed by atoms with E-state index in [2.05, 4.69) is 9.88 Å². The van der Waals surface area contributed by atoms with Crippen LogP contribution in [0.5, 0.6) is 0 Å². The van der Waals surface area contributed by atoms with E-state index in [1.54, 1.807) is 0 Å². The molecule has 0 bridgehead atoms. The number of hydrogen-bond acceptors (Lipinski definition) is 3. The summed E-state index contributed by atoms with van der Waals surface area (Å²) in [6.45, 7) is 6.91. The third-order valence-corrected chi connectivity index (χ3v) is 6.47. The van der Waals surface area contributed by atoms with E-state index in [1.165, 1.54) is 10.6 Å². The van der Waals surface area contributed by atoms with Crippen molar-refractivity contribution in [2.75, 3.05) is 19.3 Å². The molecule has 7 heteroatoms. The molecule has 0 unspecified atom stereocenters. The van der Waals surface area contributed by atoms with Crippen molar-refractivity contribution in [1.82, 2.24) is 14.2 Å². The second-order valence-corrected chi connectivity index (χ2v) is 9.36. The molecule has 1 fully saturated rings. The molecule has 0 spiro atoms. The number of nitrogens with zero attached hydrogens (tertiary/aromatic N) is 2. The molecular formula is C20H27N3O3S. The lowest BCUT2D eigenvalue weighted by Crippen LogP contribution is -2.46. The van der Waals surface area contributed by atoms with E-state index in [0.717, 1.165) is 22.6 Å². The van der Waals surface area contributed by atoms with E-state index in [4.69, 9.17) is 0 Å². The molecule has 1 N–H and O–H groups in total. The standard InChI is InChI=1S/C20H27N3O3S/c1-14-5-8-19(23-15(2)6-7-16(23)3)18(13-14)20(24)21-17-9-11-22(12-10-17)27(4,25)26/h5-8,13,17H,9-12H2,1-4H3,(H,21,24). The Labute approximate surface area is 161 Å². The van der Waals surface area contributed by atoms with Gasteiger partial charge in [0.2, 0.25) is 10.0 Å². The molecule has 1 amide bonds. The first-order chi connectivity index (χ1) is 12.7. The Balaban J connectivity index is 1.81. The van der Waals surface area contributed by atoms with Crippen LogP contribution in [0.15, 0.2) is 30.3 Å². The molecule has 0 radical (unpaired) electrons. The number of aromatic nitrogens is 1. The summed E-state index contributed by atoms with van der Waals surface area (Å²) in [4.78, 5) is 13.0. The van der Waals surface area contributed by atoms with E-state index < -0.39 is 10.0 Å². The summed E-state index contributed by atoms with van der Waals surface area (Å²) in [5, 5.41) is 3.10. The van der Waals surface area contributed by atoms with Gasteiger partial charge in [-0.25, -0.2) is 12.7 Å². The summed E-state index contributed by atoms with van der Waals surface area (Å²) >= 11 is 0. The maximum atomic E-state index is 13.0. The summed E-state index contributed by atoms with van der Waals surface area (Å²) in [5.74, 6) is -0.112. The third-order valence-electron chi connectivity index (χ3n) is 5.17. The van der Waals surface area contributed by atoms with Gasteiger partial charge in [0.05, 0.1) is 17.5 Å². The number of rotatable bonds is 4. The van der Waals surface area contributed by atoms with Gasteiger partial charge in [-0.15, -0.1) is 0 Å². The number of piperidine rings is 1. The summed E-state index contributed by atoms with van der Waals surface area (Å²) in [6.07, 6.45) is 2.48. The molecule has 146 valence electrons. The fourth-order valence-electron chi connectivity index (χ4n) is 3.67. The Morgan fingerprint density at radius 1 is 1.04 bits per heavy atom. The van der Waals surface area contributed by atoms with Crippen molar-refractivity contribution in [2.45, 2.75) is 39.7 Å². The summed E-state index contributed by atoms with van der Waals surface area (Å²) < 4.78 is 26.9. The molecule has 0 saturated carbocycles. The van der Waals surface area contributed by atoms with Crippen LogP contribution in [0.1, 0.15) is 40.2 Å². The van der Waals surface area contributed by atoms with E-state index in [-0.39, 0.29) is 11.9 Å². The minimum absolute atomic E-state index is 0.0179. The normalized spacial score (nSPS) is 16.4. The Morgan fingerprint density at radius 2 is 1.63 bits per heavy atom. The van der Waals surface area contributed by atoms with E-state index >= 15 is 0 Å². The second kappa shape index (κ2) is 7.48. The van der Waals surface area contributed by atoms with Gasteiger partial charge in [-0.3, -0.25) is 4.79 Å². The number of carbonyl (C=O) groups is 1. The van der Waals surface area contributed by atoms with E-state index in [1.807, 2.05) is 51.1 Å². The topological polar surface area (TPSA) is 71.4 Å². The summed E-state index contributed by atoms with van der Waals surface area (Å²) in [5.41, 5.74) is 4.69. The van der Waals surface area contributed by atoms with Crippen molar-refractivity contribution in [2.24, 2.45) is 0 Å². The van der Waals surface area contributed by atoms with Crippen LogP contribution in [0.4, 0.5) is 0 Å². The number of amides is 1. The highest BCUT2D eigenvalue weighted by Crippen LogP contribution is 2.22. The number of hydrogen-bond donors (Lipinski definition) is 1. The Kier molecular flexibility index (Phi) is 5.44. The maximum Gasteiger partial charge on any atom is 0.253 e. The van der Waals surface area contributed by atoms with Crippen LogP contribution in [0.25, 0.3) is 5.69 Å². The Bertz CT molecular complexity index is 935. The van der Waals surface area contributed by atoms with Crippen LogP contribution in [0.3, 0.4) is 0 Å². The van der Waals surface area contributed by atoms with Crippen LogP contribution in [0.2, 0.25) is 0 Å². The van der Waals surface area contributed by atoms with E-state index in [0.29, 0.717) is 31.5 Å². The predicted octanol–water partition coefficient (Wildman–Crippen LogP) is 2.56. The molecule has 3 rings (SSSR count). The first-order valence-corrected chi connectivity index (χ1v) is 11.0. The number of nitrogens with one attached hydrogen (secondary N) is 1. The third kappa shape index (κ3) is 4.25. The molecule has 2 aromatic rings. The lowest BCUT2D eigenvalue weighted by atomic mass is 10.0. The smallest absolute Gasteiger partial charge is 0.253 e. The lowest BCUT2D eigenvalue weighted by Gasteiger charge is -2.30.